The third kappa shape index (κ3) is 29.2. The standard InChI is InChI=1S/C40H67NO7/c1-6-8-10-12-14-16-17-18-19-20-21-23-25-27-29-31-39(43)48-36(34-46-33-32-37(40(44)45)41(3,4)5)35-47-38(42)30-28-26-24-22-15-13-11-9-7-2/h8-12,14-17,22,36-37H,6-7,13,18-21,23-35H2,1-5H3/p+1/b10-8+,11-9+,14-12+,17-16+,22-15+. The average molecular weight is 675 g/mol. The topological polar surface area (TPSA) is 99.1 Å². The highest BCUT2D eigenvalue weighted by Gasteiger charge is 2.31. The second-order valence-corrected chi connectivity index (χ2v) is 13.1. The second kappa shape index (κ2) is 31.3. The number of carboxylic acid groups (broad SMARTS) is 1. The number of unbranched alkanes of at least 4 members (excludes halogenated alkanes) is 9. The zero-order chi connectivity index (χ0) is 35.7. The largest absolute Gasteiger partial charge is 0.477 e. The molecule has 0 aromatic carbocycles. The highest BCUT2D eigenvalue weighted by Crippen LogP contribution is 2.12. The molecule has 0 rings (SSSR count). The molecule has 0 amide bonds. The molecule has 0 spiro atoms. The van der Waals surface area contributed by atoms with E-state index < -0.39 is 18.1 Å². The zero-order valence-corrected chi connectivity index (χ0v) is 30.9. The van der Waals surface area contributed by atoms with Gasteiger partial charge in [-0.2, -0.15) is 0 Å². The molecule has 0 aliphatic rings. The van der Waals surface area contributed by atoms with E-state index in [1.54, 1.807) is 0 Å². The number of carbonyl (C=O) groups excluding carboxylic acids is 2. The molecule has 0 radical (unpaired) electrons. The van der Waals surface area contributed by atoms with Crippen LogP contribution in [0, 0.1) is 0 Å². The van der Waals surface area contributed by atoms with Crippen molar-refractivity contribution in [1.82, 2.24) is 0 Å². The van der Waals surface area contributed by atoms with Crippen molar-refractivity contribution in [3.63, 3.8) is 0 Å². The monoisotopic (exact) mass is 674 g/mol. The summed E-state index contributed by atoms with van der Waals surface area (Å²) in [5, 5.41) is 9.56. The molecule has 274 valence electrons. The molecule has 2 unspecified atom stereocenters. The number of carbonyl (C=O) groups is 3. The molecular formula is C40H68NO7+. The summed E-state index contributed by atoms with van der Waals surface area (Å²) < 4.78 is 17.1. The lowest BCUT2D eigenvalue weighted by Crippen LogP contribution is -2.50. The maximum atomic E-state index is 12.6. The Morgan fingerprint density at radius 1 is 0.646 bits per heavy atom. The third-order valence-corrected chi connectivity index (χ3v) is 7.72. The fraction of sp³-hybridized carbons (Fsp3) is 0.675. The third-order valence-electron chi connectivity index (χ3n) is 7.72. The molecule has 0 aromatic rings. The maximum Gasteiger partial charge on any atom is 0.362 e. The van der Waals surface area contributed by atoms with Crippen LogP contribution in [-0.2, 0) is 28.6 Å². The molecule has 0 bridgehead atoms. The van der Waals surface area contributed by atoms with Crippen LogP contribution >= 0.6 is 0 Å². The zero-order valence-electron chi connectivity index (χ0n) is 30.9. The fourth-order valence-corrected chi connectivity index (χ4v) is 4.89. The van der Waals surface area contributed by atoms with Crippen LogP contribution in [0.25, 0.3) is 0 Å². The molecule has 0 saturated heterocycles. The first kappa shape index (κ1) is 45.0. The summed E-state index contributed by atoms with van der Waals surface area (Å²) in [5.74, 6) is -1.54. The predicted octanol–water partition coefficient (Wildman–Crippen LogP) is 9.07. The van der Waals surface area contributed by atoms with E-state index in [9.17, 15) is 19.5 Å². The average Bonchev–Trinajstić information content (AvgIpc) is 3.03. The van der Waals surface area contributed by atoms with Gasteiger partial charge in [0, 0.05) is 19.3 Å². The quantitative estimate of drug-likeness (QED) is 0.0258. The molecule has 48 heavy (non-hydrogen) atoms. The number of likely N-dealkylation sites (N-methyl/N-ethyl adjacent to an activating group) is 1. The van der Waals surface area contributed by atoms with Gasteiger partial charge in [0.15, 0.2) is 12.1 Å². The van der Waals surface area contributed by atoms with E-state index in [1.807, 2.05) is 21.1 Å². The van der Waals surface area contributed by atoms with Crippen LogP contribution in [0.15, 0.2) is 60.8 Å². The van der Waals surface area contributed by atoms with Crippen LogP contribution in [-0.4, -0.2) is 80.6 Å². The number of hydrogen-bond donors (Lipinski definition) is 1. The van der Waals surface area contributed by atoms with Crippen molar-refractivity contribution < 1.29 is 38.2 Å². The van der Waals surface area contributed by atoms with Crippen molar-refractivity contribution >= 4 is 17.9 Å². The van der Waals surface area contributed by atoms with Crippen LogP contribution in [0.3, 0.4) is 0 Å². The normalized spacial score (nSPS) is 13.8. The lowest BCUT2D eigenvalue weighted by Gasteiger charge is -2.31. The number of ether oxygens (including phenoxy) is 3. The van der Waals surface area contributed by atoms with E-state index in [-0.39, 0.29) is 36.2 Å². The van der Waals surface area contributed by atoms with Gasteiger partial charge in [-0.25, -0.2) is 4.79 Å². The number of quaternary nitrogens is 1. The van der Waals surface area contributed by atoms with Crippen LogP contribution < -0.4 is 0 Å². The molecule has 0 heterocycles. The van der Waals surface area contributed by atoms with Gasteiger partial charge in [0.05, 0.1) is 34.4 Å². The molecule has 8 heteroatoms. The summed E-state index contributed by atoms with van der Waals surface area (Å²) >= 11 is 0. The van der Waals surface area contributed by atoms with E-state index in [0.29, 0.717) is 19.3 Å². The van der Waals surface area contributed by atoms with E-state index in [2.05, 4.69) is 74.6 Å². The first-order chi connectivity index (χ1) is 23.1. The second-order valence-electron chi connectivity index (χ2n) is 13.1. The molecule has 0 fully saturated rings. The predicted molar refractivity (Wildman–Crippen MR) is 197 cm³/mol. The Bertz CT molecular complexity index is 975. The van der Waals surface area contributed by atoms with Crippen molar-refractivity contribution in [1.29, 1.82) is 0 Å². The lowest BCUT2D eigenvalue weighted by atomic mass is 10.1. The Hall–Kier alpha value is -2.97. The maximum absolute atomic E-state index is 12.6. The van der Waals surface area contributed by atoms with Gasteiger partial charge in [0.1, 0.15) is 6.61 Å². The first-order valence-electron chi connectivity index (χ1n) is 18.4. The summed E-state index contributed by atoms with van der Waals surface area (Å²) in [7, 11) is 5.49. The minimum Gasteiger partial charge on any atom is -0.477 e. The first-order valence-corrected chi connectivity index (χ1v) is 18.4. The van der Waals surface area contributed by atoms with E-state index >= 15 is 0 Å². The van der Waals surface area contributed by atoms with Crippen molar-refractivity contribution in [2.45, 2.75) is 135 Å². The van der Waals surface area contributed by atoms with Crippen molar-refractivity contribution in [3.05, 3.63) is 60.8 Å². The highest BCUT2D eigenvalue weighted by atomic mass is 16.6. The molecule has 2 atom stereocenters. The van der Waals surface area contributed by atoms with Gasteiger partial charge in [-0.1, -0.05) is 107 Å². The van der Waals surface area contributed by atoms with Gasteiger partial charge in [-0.05, 0) is 57.8 Å². The number of rotatable bonds is 31. The lowest BCUT2D eigenvalue weighted by molar-refractivity contribution is -0.887. The van der Waals surface area contributed by atoms with Gasteiger partial charge >= 0.3 is 17.9 Å². The Labute approximate surface area is 292 Å². The molecule has 0 aliphatic carbocycles. The fourth-order valence-electron chi connectivity index (χ4n) is 4.89. The SMILES string of the molecule is CC/C=C/C=C/C=C/CCCCCCCCCC(=O)OC(COCCC(C(=O)O)[N+](C)(C)C)COC(=O)CCCC/C=C/C/C=C/CC. The van der Waals surface area contributed by atoms with Gasteiger partial charge < -0.3 is 23.8 Å². The number of esters is 2. The molecule has 0 aromatic heterocycles. The Balaban J connectivity index is 4.48. The number of nitrogens with zero attached hydrogens (tertiary/aromatic N) is 1. The van der Waals surface area contributed by atoms with E-state index in [1.165, 1.54) is 19.3 Å². The number of hydrogen-bond acceptors (Lipinski definition) is 6. The summed E-state index contributed by atoms with van der Waals surface area (Å²) in [6.45, 7) is 4.40. The minimum absolute atomic E-state index is 0.0428. The van der Waals surface area contributed by atoms with Gasteiger partial charge in [-0.15, -0.1) is 0 Å². The molecule has 8 nitrogen and oxygen atoms in total. The molecular weight excluding hydrogens is 606 g/mol. The summed E-state index contributed by atoms with van der Waals surface area (Å²) in [6.07, 6.45) is 35.6. The van der Waals surface area contributed by atoms with Crippen molar-refractivity contribution in [2.24, 2.45) is 0 Å². The van der Waals surface area contributed by atoms with Crippen LogP contribution in [0.1, 0.15) is 123 Å². The minimum atomic E-state index is -0.886. The van der Waals surface area contributed by atoms with Crippen LogP contribution in [0.2, 0.25) is 0 Å². The number of allylic oxidation sites excluding steroid dienone is 10. The van der Waals surface area contributed by atoms with Crippen molar-refractivity contribution in [3.8, 4) is 0 Å². The smallest absolute Gasteiger partial charge is 0.362 e. The molecule has 0 saturated carbocycles. The summed E-state index contributed by atoms with van der Waals surface area (Å²) in [4.78, 5) is 36.7. The molecule has 1 N–H and O–H groups in total. The number of carboxylic acids is 1. The Kier molecular flexibility index (Phi) is 29.4. The summed E-state index contributed by atoms with van der Waals surface area (Å²) in [6, 6.07) is -0.622. The van der Waals surface area contributed by atoms with Gasteiger partial charge in [0.2, 0.25) is 0 Å². The van der Waals surface area contributed by atoms with Crippen LogP contribution in [0.5, 0.6) is 0 Å². The highest BCUT2D eigenvalue weighted by molar-refractivity contribution is 5.72. The van der Waals surface area contributed by atoms with Crippen molar-refractivity contribution in [2.75, 3.05) is 41.0 Å². The van der Waals surface area contributed by atoms with Gasteiger partial charge in [0.25, 0.3) is 0 Å². The van der Waals surface area contributed by atoms with E-state index in [4.69, 9.17) is 14.2 Å². The Morgan fingerprint density at radius 2 is 1.21 bits per heavy atom. The van der Waals surface area contributed by atoms with Crippen LogP contribution in [0.4, 0.5) is 0 Å². The van der Waals surface area contributed by atoms with E-state index in [0.717, 1.165) is 70.6 Å². The molecule has 0 aliphatic heterocycles. The van der Waals surface area contributed by atoms with Gasteiger partial charge in [-0.3, -0.25) is 9.59 Å². The number of aliphatic carboxylic acids is 1. The summed E-state index contributed by atoms with van der Waals surface area (Å²) in [5.41, 5.74) is 0. The Morgan fingerprint density at radius 3 is 1.88 bits per heavy atom.